The molecule has 3 aromatic rings. The fourth-order valence-electron chi connectivity index (χ4n) is 1.67. The predicted molar refractivity (Wildman–Crippen MR) is 63.1 cm³/mol. The third kappa shape index (κ3) is 2.05. The SMILES string of the molecule is O=c1[nH]c2nccc(Oc3ccc(F)cc3F)c2[nH]1. The van der Waals surface area contributed by atoms with Gasteiger partial charge in [0.25, 0.3) is 0 Å². The highest BCUT2D eigenvalue weighted by Crippen LogP contribution is 2.28. The summed E-state index contributed by atoms with van der Waals surface area (Å²) in [6, 6.07) is 4.43. The molecule has 0 atom stereocenters. The second kappa shape index (κ2) is 4.20. The van der Waals surface area contributed by atoms with Crippen molar-refractivity contribution in [1.29, 1.82) is 0 Å². The van der Waals surface area contributed by atoms with E-state index in [9.17, 15) is 13.6 Å². The number of fused-ring (bicyclic) bond motifs is 1. The Hall–Kier alpha value is -2.70. The third-order valence-electron chi connectivity index (χ3n) is 2.50. The smallest absolute Gasteiger partial charge is 0.325 e. The summed E-state index contributed by atoms with van der Waals surface area (Å²) in [6.07, 6.45) is 1.41. The van der Waals surface area contributed by atoms with Crippen molar-refractivity contribution in [3.8, 4) is 11.5 Å². The molecule has 0 radical (unpaired) electrons. The number of hydrogen-bond donors (Lipinski definition) is 2. The molecule has 0 aliphatic heterocycles. The molecule has 0 saturated heterocycles. The van der Waals surface area contributed by atoms with E-state index in [4.69, 9.17) is 4.74 Å². The maximum absolute atomic E-state index is 13.5. The summed E-state index contributed by atoms with van der Waals surface area (Å²) >= 11 is 0. The van der Waals surface area contributed by atoms with Crippen LogP contribution in [0.25, 0.3) is 11.2 Å². The zero-order chi connectivity index (χ0) is 13.4. The Morgan fingerprint density at radius 3 is 2.74 bits per heavy atom. The molecule has 0 saturated carbocycles. The molecule has 5 nitrogen and oxygen atoms in total. The van der Waals surface area contributed by atoms with Gasteiger partial charge in [-0.3, -0.25) is 4.98 Å². The van der Waals surface area contributed by atoms with E-state index in [0.717, 1.165) is 6.07 Å². The number of halogens is 2. The number of imidazole rings is 1. The van der Waals surface area contributed by atoms with Gasteiger partial charge in [-0.1, -0.05) is 0 Å². The molecule has 0 unspecified atom stereocenters. The highest BCUT2D eigenvalue weighted by molar-refractivity contribution is 5.77. The van der Waals surface area contributed by atoms with Gasteiger partial charge in [0.1, 0.15) is 11.3 Å². The molecule has 2 N–H and O–H groups in total. The van der Waals surface area contributed by atoms with Crippen LogP contribution in [0.15, 0.2) is 35.3 Å². The van der Waals surface area contributed by atoms with Gasteiger partial charge >= 0.3 is 5.69 Å². The molecule has 0 aliphatic rings. The number of rotatable bonds is 2. The van der Waals surface area contributed by atoms with Gasteiger partial charge in [0.2, 0.25) is 0 Å². The van der Waals surface area contributed by atoms with E-state index in [0.29, 0.717) is 17.2 Å². The van der Waals surface area contributed by atoms with E-state index in [-0.39, 0.29) is 11.5 Å². The van der Waals surface area contributed by atoms with Crippen LogP contribution in [0.5, 0.6) is 11.5 Å². The van der Waals surface area contributed by atoms with E-state index >= 15 is 0 Å². The van der Waals surface area contributed by atoms with E-state index in [1.165, 1.54) is 18.3 Å². The van der Waals surface area contributed by atoms with E-state index < -0.39 is 17.3 Å². The van der Waals surface area contributed by atoms with Gasteiger partial charge in [-0.05, 0) is 12.1 Å². The Balaban J connectivity index is 2.08. The van der Waals surface area contributed by atoms with Crippen LogP contribution in [0, 0.1) is 11.6 Å². The first-order valence-electron chi connectivity index (χ1n) is 5.33. The van der Waals surface area contributed by atoms with Gasteiger partial charge in [0.05, 0.1) is 0 Å². The first-order chi connectivity index (χ1) is 9.13. The van der Waals surface area contributed by atoms with Crippen molar-refractivity contribution in [1.82, 2.24) is 15.0 Å². The molecular formula is C12H7F2N3O2. The molecular weight excluding hydrogens is 256 g/mol. The summed E-state index contributed by atoms with van der Waals surface area (Å²) in [4.78, 5) is 20.0. The standard InChI is InChI=1S/C12H7F2N3O2/c13-6-1-2-8(7(14)5-6)19-9-3-4-15-11-10(9)16-12(18)17-11/h1-5H,(H2,15,16,17,18). The number of nitrogens with zero attached hydrogens (tertiary/aromatic N) is 1. The van der Waals surface area contributed by atoms with Crippen LogP contribution in [-0.2, 0) is 0 Å². The normalized spacial score (nSPS) is 10.8. The maximum atomic E-state index is 13.5. The molecule has 0 fully saturated rings. The second-order valence-electron chi connectivity index (χ2n) is 3.79. The molecule has 0 amide bonds. The van der Waals surface area contributed by atoms with Gasteiger partial charge in [-0.2, -0.15) is 0 Å². The third-order valence-corrected chi connectivity index (χ3v) is 2.50. The molecule has 19 heavy (non-hydrogen) atoms. The van der Waals surface area contributed by atoms with Gasteiger partial charge in [-0.25, -0.2) is 18.6 Å². The second-order valence-corrected chi connectivity index (χ2v) is 3.79. The zero-order valence-electron chi connectivity index (χ0n) is 9.41. The average Bonchev–Trinajstić information content (AvgIpc) is 2.74. The van der Waals surface area contributed by atoms with Crippen LogP contribution < -0.4 is 10.4 Å². The van der Waals surface area contributed by atoms with Crippen LogP contribution in [0.3, 0.4) is 0 Å². The molecule has 2 aromatic heterocycles. The minimum absolute atomic E-state index is 0.143. The van der Waals surface area contributed by atoms with Crippen molar-refractivity contribution >= 4 is 11.2 Å². The monoisotopic (exact) mass is 263 g/mol. The van der Waals surface area contributed by atoms with E-state index in [1.54, 1.807) is 0 Å². The van der Waals surface area contributed by atoms with Gasteiger partial charge in [-0.15, -0.1) is 0 Å². The minimum Gasteiger partial charge on any atom is -0.452 e. The number of hydrogen-bond acceptors (Lipinski definition) is 3. The Labute approximate surface area is 104 Å². The lowest BCUT2D eigenvalue weighted by Gasteiger charge is -2.06. The summed E-state index contributed by atoms with van der Waals surface area (Å²) in [5.74, 6) is -1.45. The first-order valence-corrected chi connectivity index (χ1v) is 5.33. The predicted octanol–water partition coefficient (Wildman–Crippen LogP) is 2.32. The van der Waals surface area contributed by atoms with Crippen molar-refractivity contribution < 1.29 is 13.5 Å². The largest absolute Gasteiger partial charge is 0.452 e. The van der Waals surface area contributed by atoms with Crippen LogP contribution in [0.1, 0.15) is 0 Å². The zero-order valence-corrected chi connectivity index (χ0v) is 9.41. The number of ether oxygens (including phenoxy) is 1. The number of H-pyrrole nitrogens is 2. The lowest BCUT2D eigenvalue weighted by Crippen LogP contribution is -1.99. The Morgan fingerprint density at radius 2 is 1.95 bits per heavy atom. The van der Waals surface area contributed by atoms with Crippen LogP contribution in [-0.4, -0.2) is 15.0 Å². The fraction of sp³-hybridized carbons (Fsp3) is 0. The lowest BCUT2D eigenvalue weighted by atomic mass is 10.3. The molecule has 3 rings (SSSR count). The van der Waals surface area contributed by atoms with Gasteiger partial charge in [0.15, 0.2) is 23.0 Å². The molecule has 0 aliphatic carbocycles. The number of nitrogens with one attached hydrogen (secondary N) is 2. The average molecular weight is 263 g/mol. The summed E-state index contributed by atoms with van der Waals surface area (Å²) in [5, 5.41) is 0. The number of aromatic nitrogens is 3. The van der Waals surface area contributed by atoms with Crippen molar-refractivity contribution in [3.05, 3.63) is 52.6 Å². The summed E-state index contributed by atoms with van der Waals surface area (Å²) in [5.41, 5.74) is 0.166. The highest BCUT2D eigenvalue weighted by Gasteiger charge is 2.10. The summed E-state index contributed by atoms with van der Waals surface area (Å²) in [7, 11) is 0. The molecule has 7 heteroatoms. The Kier molecular flexibility index (Phi) is 2.52. The Bertz CT molecular complexity index is 810. The summed E-state index contributed by atoms with van der Waals surface area (Å²) in [6.45, 7) is 0. The first kappa shape index (κ1) is 11.4. The number of benzene rings is 1. The fourth-order valence-corrected chi connectivity index (χ4v) is 1.67. The van der Waals surface area contributed by atoms with Gasteiger partial charge in [0, 0.05) is 18.3 Å². The number of pyridine rings is 1. The maximum Gasteiger partial charge on any atom is 0.325 e. The van der Waals surface area contributed by atoms with E-state index in [1.807, 2.05) is 0 Å². The molecule has 1 aromatic carbocycles. The van der Waals surface area contributed by atoms with Gasteiger partial charge < -0.3 is 9.72 Å². The quantitative estimate of drug-likeness (QED) is 0.745. The van der Waals surface area contributed by atoms with Crippen LogP contribution in [0.2, 0.25) is 0 Å². The molecule has 0 spiro atoms. The lowest BCUT2D eigenvalue weighted by molar-refractivity contribution is 0.440. The topological polar surface area (TPSA) is 70.8 Å². The van der Waals surface area contributed by atoms with Crippen molar-refractivity contribution in [2.45, 2.75) is 0 Å². The Morgan fingerprint density at radius 1 is 1.11 bits per heavy atom. The number of aromatic amines is 2. The van der Waals surface area contributed by atoms with Crippen LogP contribution >= 0.6 is 0 Å². The van der Waals surface area contributed by atoms with Crippen molar-refractivity contribution in [2.24, 2.45) is 0 Å². The van der Waals surface area contributed by atoms with Crippen molar-refractivity contribution in [3.63, 3.8) is 0 Å². The van der Waals surface area contributed by atoms with Crippen molar-refractivity contribution in [2.75, 3.05) is 0 Å². The highest BCUT2D eigenvalue weighted by atomic mass is 19.1. The molecule has 2 heterocycles. The molecule has 96 valence electrons. The molecule has 0 bridgehead atoms. The summed E-state index contributed by atoms with van der Waals surface area (Å²) < 4.78 is 31.6. The minimum atomic E-state index is -0.831. The van der Waals surface area contributed by atoms with E-state index in [2.05, 4.69) is 15.0 Å². The van der Waals surface area contributed by atoms with Crippen LogP contribution in [0.4, 0.5) is 8.78 Å².